The maximum atomic E-state index is 13.7. The second-order valence-electron chi connectivity index (χ2n) is 10.7. The highest BCUT2D eigenvalue weighted by molar-refractivity contribution is 5.85. The van der Waals surface area contributed by atoms with Gasteiger partial charge in [-0.3, -0.25) is 9.69 Å². The minimum atomic E-state index is -1.31. The lowest BCUT2D eigenvalue weighted by Crippen LogP contribution is -2.66. The van der Waals surface area contributed by atoms with Gasteiger partial charge in [-0.25, -0.2) is 4.79 Å². The van der Waals surface area contributed by atoms with E-state index in [-0.39, 0.29) is 25.5 Å². The summed E-state index contributed by atoms with van der Waals surface area (Å²) in [6.07, 6.45) is -1.83. The number of aliphatic hydroxyl groups excluding tert-OH is 1. The number of benzene rings is 2. The third-order valence-corrected chi connectivity index (χ3v) is 7.06. The van der Waals surface area contributed by atoms with Crippen LogP contribution in [0, 0.1) is 6.92 Å². The molecule has 2 aromatic rings. The van der Waals surface area contributed by atoms with Gasteiger partial charge in [-0.2, -0.15) is 0 Å². The first-order chi connectivity index (χ1) is 18.5. The molecule has 1 N–H and O–H groups in total. The van der Waals surface area contributed by atoms with Crippen LogP contribution < -0.4 is 14.2 Å². The maximum Gasteiger partial charge on any atom is 0.412 e. The molecule has 4 rings (SSSR count). The Hall–Kier alpha value is -3.50. The standard InChI is InChI=1S/C29H38N2O8/c1-17-24(35-5)19-13-20-27(33)30(28(34)39-29(2,3)4)14-22(32)31(20)21(23(19)26(37-7)25(17)36-6)16-38-15-18-11-9-8-10-12-18/h8-12,20-21,27,33H,13-16H2,1-7H3/t20-,21-,27+/m0/s1. The molecule has 0 aromatic heterocycles. The van der Waals surface area contributed by atoms with Gasteiger partial charge in [0.2, 0.25) is 5.91 Å². The van der Waals surface area contributed by atoms with Crippen LogP contribution in [0.2, 0.25) is 0 Å². The minimum Gasteiger partial charge on any atom is -0.496 e. The number of rotatable bonds is 7. The molecule has 2 heterocycles. The SMILES string of the molecule is COc1c(C)c(OC)c(OC)c2c1C[C@H]1[C@@H](O)N(C(=O)OC(C)(C)C)CC(=O)N1[C@H]2COCc1ccccc1. The number of carbonyl (C=O) groups excluding carboxylic acids is 2. The van der Waals surface area contributed by atoms with Crippen molar-refractivity contribution in [2.24, 2.45) is 0 Å². The Balaban J connectivity index is 1.79. The lowest BCUT2D eigenvalue weighted by Gasteiger charge is -2.51. The molecule has 0 spiro atoms. The van der Waals surface area contributed by atoms with Crippen LogP contribution in [0.25, 0.3) is 0 Å². The average molecular weight is 543 g/mol. The normalized spacial score (nSPS) is 20.7. The zero-order valence-electron chi connectivity index (χ0n) is 23.6. The number of amides is 2. The van der Waals surface area contributed by atoms with Crippen LogP contribution in [0.5, 0.6) is 17.2 Å². The molecule has 2 aliphatic rings. The molecule has 0 bridgehead atoms. The van der Waals surface area contributed by atoms with Gasteiger partial charge in [-0.05, 0) is 33.3 Å². The largest absolute Gasteiger partial charge is 0.496 e. The van der Waals surface area contributed by atoms with Gasteiger partial charge >= 0.3 is 6.09 Å². The van der Waals surface area contributed by atoms with E-state index in [1.165, 1.54) is 0 Å². The molecule has 0 saturated carbocycles. The summed E-state index contributed by atoms with van der Waals surface area (Å²) in [5.74, 6) is 1.22. The predicted molar refractivity (Wildman–Crippen MR) is 143 cm³/mol. The first-order valence-corrected chi connectivity index (χ1v) is 12.9. The van der Waals surface area contributed by atoms with E-state index in [1.54, 1.807) is 47.0 Å². The summed E-state index contributed by atoms with van der Waals surface area (Å²) < 4.78 is 29.0. The lowest BCUT2D eigenvalue weighted by molar-refractivity contribution is -0.166. The molecule has 0 unspecified atom stereocenters. The number of nitrogens with zero attached hydrogens (tertiary/aromatic N) is 2. The van der Waals surface area contributed by atoms with Crippen LogP contribution in [-0.2, 0) is 27.3 Å². The molecule has 1 saturated heterocycles. The Morgan fingerprint density at radius 1 is 1.03 bits per heavy atom. The van der Waals surface area contributed by atoms with Gasteiger partial charge in [0.25, 0.3) is 0 Å². The number of fused-ring (bicyclic) bond motifs is 2. The van der Waals surface area contributed by atoms with Crippen molar-refractivity contribution >= 4 is 12.0 Å². The van der Waals surface area contributed by atoms with Crippen LogP contribution in [0.3, 0.4) is 0 Å². The van der Waals surface area contributed by atoms with Gasteiger partial charge in [0.1, 0.15) is 17.9 Å². The van der Waals surface area contributed by atoms with Gasteiger partial charge in [-0.15, -0.1) is 0 Å². The summed E-state index contributed by atoms with van der Waals surface area (Å²) in [6, 6.07) is 8.32. The number of methoxy groups -OCH3 is 3. The van der Waals surface area contributed by atoms with Gasteiger partial charge in [0.05, 0.1) is 46.6 Å². The molecule has 0 aliphatic carbocycles. The quantitative estimate of drug-likeness (QED) is 0.566. The summed E-state index contributed by atoms with van der Waals surface area (Å²) >= 11 is 0. The van der Waals surface area contributed by atoms with Crippen molar-refractivity contribution in [3.8, 4) is 17.2 Å². The number of piperazine rings is 1. The van der Waals surface area contributed by atoms with Crippen LogP contribution in [0.1, 0.15) is 49.1 Å². The molecule has 10 nitrogen and oxygen atoms in total. The Labute approximate surface area is 229 Å². The summed E-state index contributed by atoms with van der Waals surface area (Å²) in [6.45, 7) is 7.19. The fraction of sp³-hybridized carbons (Fsp3) is 0.517. The molecule has 0 radical (unpaired) electrons. The van der Waals surface area contributed by atoms with Gasteiger partial charge in [0, 0.05) is 23.1 Å². The third-order valence-electron chi connectivity index (χ3n) is 7.06. The smallest absolute Gasteiger partial charge is 0.412 e. The van der Waals surface area contributed by atoms with E-state index in [4.69, 9.17) is 23.7 Å². The molecule has 2 aromatic carbocycles. The topological polar surface area (TPSA) is 107 Å². The molecule has 2 amide bonds. The van der Waals surface area contributed by atoms with E-state index >= 15 is 0 Å². The van der Waals surface area contributed by atoms with E-state index in [0.29, 0.717) is 29.4 Å². The van der Waals surface area contributed by atoms with Crippen molar-refractivity contribution in [2.45, 2.75) is 64.6 Å². The van der Waals surface area contributed by atoms with E-state index in [9.17, 15) is 14.7 Å². The van der Waals surface area contributed by atoms with Crippen LogP contribution in [-0.4, -0.2) is 79.3 Å². The maximum absolute atomic E-state index is 13.7. The summed E-state index contributed by atoms with van der Waals surface area (Å²) in [5.41, 5.74) is 2.40. The number of aliphatic hydroxyl groups is 1. The number of hydrogen-bond donors (Lipinski definition) is 1. The van der Waals surface area contributed by atoms with Gasteiger partial charge in [-0.1, -0.05) is 30.3 Å². The van der Waals surface area contributed by atoms with E-state index < -0.39 is 30.0 Å². The second-order valence-corrected chi connectivity index (χ2v) is 10.7. The first-order valence-electron chi connectivity index (χ1n) is 12.9. The fourth-order valence-corrected chi connectivity index (χ4v) is 5.49. The van der Waals surface area contributed by atoms with Crippen LogP contribution in [0.4, 0.5) is 4.79 Å². The van der Waals surface area contributed by atoms with Crippen molar-refractivity contribution in [1.29, 1.82) is 0 Å². The molecule has 39 heavy (non-hydrogen) atoms. The summed E-state index contributed by atoms with van der Waals surface area (Å²) in [5, 5.41) is 11.4. The first kappa shape index (κ1) is 28.5. The summed E-state index contributed by atoms with van der Waals surface area (Å²) in [4.78, 5) is 29.3. The summed E-state index contributed by atoms with van der Waals surface area (Å²) in [7, 11) is 4.67. The highest BCUT2D eigenvalue weighted by atomic mass is 16.6. The Morgan fingerprint density at radius 3 is 2.26 bits per heavy atom. The van der Waals surface area contributed by atoms with Crippen molar-refractivity contribution in [3.63, 3.8) is 0 Å². The molecular formula is C29H38N2O8. The Bertz CT molecular complexity index is 1210. The monoisotopic (exact) mass is 542 g/mol. The lowest BCUT2D eigenvalue weighted by atomic mass is 9.83. The highest BCUT2D eigenvalue weighted by Crippen LogP contribution is 2.51. The van der Waals surface area contributed by atoms with Gasteiger partial charge in [0.15, 0.2) is 17.7 Å². The molecule has 2 aliphatic heterocycles. The minimum absolute atomic E-state index is 0.120. The fourth-order valence-electron chi connectivity index (χ4n) is 5.49. The van der Waals surface area contributed by atoms with E-state index in [1.807, 2.05) is 37.3 Å². The number of ether oxygens (including phenoxy) is 5. The molecule has 3 atom stereocenters. The van der Waals surface area contributed by atoms with Gasteiger partial charge < -0.3 is 33.7 Å². The third kappa shape index (κ3) is 5.49. The van der Waals surface area contributed by atoms with Crippen LogP contribution in [0.15, 0.2) is 30.3 Å². The molecule has 1 fully saturated rings. The zero-order valence-corrected chi connectivity index (χ0v) is 23.6. The van der Waals surface area contributed by atoms with Crippen molar-refractivity contribution in [3.05, 3.63) is 52.6 Å². The van der Waals surface area contributed by atoms with Crippen molar-refractivity contribution in [1.82, 2.24) is 9.80 Å². The highest BCUT2D eigenvalue weighted by Gasteiger charge is 2.51. The Morgan fingerprint density at radius 2 is 1.67 bits per heavy atom. The van der Waals surface area contributed by atoms with E-state index in [2.05, 4.69) is 0 Å². The van der Waals surface area contributed by atoms with Crippen molar-refractivity contribution in [2.75, 3.05) is 34.5 Å². The molecule has 212 valence electrons. The Kier molecular flexibility index (Phi) is 8.27. The van der Waals surface area contributed by atoms with E-state index in [0.717, 1.165) is 21.6 Å². The zero-order chi connectivity index (χ0) is 28.5. The van der Waals surface area contributed by atoms with Crippen LogP contribution >= 0.6 is 0 Å². The molecule has 10 heteroatoms. The molecular weight excluding hydrogens is 504 g/mol. The predicted octanol–water partition coefficient (Wildman–Crippen LogP) is 3.60. The number of carbonyl (C=O) groups is 2. The number of hydrogen-bond acceptors (Lipinski definition) is 8. The average Bonchev–Trinajstić information content (AvgIpc) is 2.89. The second kappa shape index (κ2) is 11.3. The van der Waals surface area contributed by atoms with Crippen molar-refractivity contribution < 1.29 is 38.4 Å².